The number of hydrogen-bond acceptors (Lipinski definition) is 4. The van der Waals surface area contributed by atoms with Crippen molar-refractivity contribution in [2.24, 2.45) is 0 Å². The molecule has 6 nitrogen and oxygen atoms in total. The molecule has 0 saturated carbocycles. The summed E-state index contributed by atoms with van der Waals surface area (Å²) >= 11 is 25.6. The van der Waals surface area contributed by atoms with Crippen LogP contribution in [0.4, 0.5) is 11.4 Å². The predicted octanol–water partition coefficient (Wildman–Crippen LogP) is 8.63. The van der Waals surface area contributed by atoms with E-state index in [9.17, 15) is 19.5 Å². The molecule has 3 aromatic rings. The Morgan fingerprint density at radius 1 is 0.895 bits per heavy atom. The molecule has 0 aliphatic rings. The van der Waals surface area contributed by atoms with Gasteiger partial charge in [0.2, 0.25) is 5.91 Å². The van der Waals surface area contributed by atoms with Crippen LogP contribution >= 0.6 is 58.2 Å². The minimum absolute atomic E-state index is 0.126. The topological polar surface area (TPSA) is 95.5 Å². The summed E-state index contributed by atoms with van der Waals surface area (Å²) in [5.41, 5.74) is 2.27. The minimum Gasteiger partial charge on any atom is -0.478 e. The highest BCUT2D eigenvalue weighted by molar-refractivity contribution is 8.00. The van der Waals surface area contributed by atoms with Gasteiger partial charge in [0, 0.05) is 16.3 Å². The molecule has 0 aliphatic carbocycles. The second kappa shape index (κ2) is 13.1. The van der Waals surface area contributed by atoms with Gasteiger partial charge in [-0.05, 0) is 49.1 Å². The van der Waals surface area contributed by atoms with Crippen molar-refractivity contribution in [2.45, 2.75) is 43.8 Å². The number of amides is 2. The largest absolute Gasteiger partial charge is 0.478 e. The molecule has 0 aliphatic heterocycles. The second-order valence-electron chi connectivity index (χ2n) is 8.26. The molecule has 0 fully saturated rings. The number of rotatable bonds is 9. The second-order valence-corrected chi connectivity index (χ2v) is 11.0. The maximum absolute atomic E-state index is 13.1. The Hall–Kier alpha value is -2.42. The van der Waals surface area contributed by atoms with Gasteiger partial charge in [-0.2, -0.15) is 0 Å². The fourth-order valence-corrected chi connectivity index (χ4v) is 5.81. The monoisotopic (exact) mass is 612 g/mol. The minimum atomic E-state index is -1.48. The first-order valence-corrected chi connectivity index (χ1v) is 14.0. The van der Waals surface area contributed by atoms with E-state index in [2.05, 4.69) is 10.6 Å². The predicted molar refractivity (Wildman–Crippen MR) is 157 cm³/mol. The van der Waals surface area contributed by atoms with Crippen LogP contribution in [0.2, 0.25) is 20.1 Å². The number of halogens is 4. The van der Waals surface area contributed by atoms with Crippen molar-refractivity contribution in [3.8, 4) is 0 Å². The fourth-order valence-electron chi connectivity index (χ4n) is 3.78. The number of carboxylic acids is 1. The number of para-hydroxylation sites is 1. The summed E-state index contributed by atoms with van der Waals surface area (Å²) < 4.78 is 0. The molecular weight excluding hydrogens is 590 g/mol. The van der Waals surface area contributed by atoms with Crippen molar-refractivity contribution < 1.29 is 19.5 Å². The van der Waals surface area contributed by atoms with Crippen molar-refractivity contribution in [2.75, 3.05) is 10.6 Å². The van der Waals surface area contributed by atoms with E-state index in [0.717, 1.165) is 28.1 Å². The van der Waals surface area contributed by atoms with Crippen molar-refractivity contribution in [1.82, 2.24) is 0 Å². The summed E-state index contributed by atoms with van der Waals surface area (Å²) in [5.74, 6) is -2.44. The number of thioether (sulfide) groups is 1. The Balaban J connectivity index is 1.83. The molecule has 1 atom stereocenters. The van der Waals surface area contributed by atoms with Crippen LogP contribution in [-0.2, 0) is 11.2 Å². The lowest BCUT2D eigenvalue weighted by molar-refractivity contribution is -0.115. The Labute approximate surface area is 245 Å². The van der Waals surface area contributed by atoms with E-state index in [4.69, 9.17) is 46.4 Å². The van der Waals surface area contributed by atoms with Crippen molar-refractivity contribution in [3.63, 3.8) is 0 Å². The van der Waals surface area contributed by atoms with E-state index < -0.39 is 28.3 Å². The first-order valence-electron chi connectivity index (χ1n) is 11.6. The number of aryl methyl sites for hydroxylation is 2. The van der Waals surface area contributed by atoms with Crippen LogP contribution < -0.4 is 10.6 Å². The molecular formula is C27H24Cl4N2O4S. The maximum Gasteiger partial charge on any atom is 0.338 e. The van der Waals surface area contributed by atoms with Crippen molar-refractivity contribution >= 4 is 87.3 Å². The highest BCUT2D eigenvalue weighted by atomic mass is 35.5. The first-order chi connectivity index (χ1) is 18.0. The number of carbonyl (C=O) groups is 3. The molecule has 200 valence electrons. The lowest BCUT2D eigenvalue weighted by Crippen LogP contribution is -2.25. The van der Waals surface area contributed by atoms with Crippen LogP contribution in [-0.4, -0.2) is 28.1 Å². The number of benzene rings is 3. The Morgan fingerprint density at radius 2 is 1.53 bits per heavy atom. The zero-order valence-corrected chi connectivity index (χ0v) is 24.5. The molecule has 3 rings (SSSR count). The Kier molecular flexibility index (Phi) is 10.4. The summed E-state index contributed by atoms with van der Waals surface area (Å²) in [5, 5.41) is 13.7. The van der Waals surface area contributed by atoms with Crippen LogP contribution in [0.25, 0.3) is 0 Å². The molecule has 11 heteroatoms. The third kappa shape index (κ3) is 6.58. The van der Waals surface area contributed by atoms with E-state index in [-0.39, 0.29) is 26.0 Å². The van der Waals surface area contributed by atoms with Crippen LogP contribution in [0.15, 0.2) is 47.4 Å². The van der Waals surface area contributed by atoms with Gasteiger partial charge >= 0.3 is 5.97 Å². The molecule has 0 bridgehead atoms. The highest BCUT2D eigenvalue weighted by Crippen LogP contribution is 2.42. The molecule has 2 amide bonds. The summed E-state index contributed by atoms with van der Waals surface area (Å²) in [6.45, 7) is 5.91. The standard InChI is InChI=1S/C27H24Cl4N2O4S/c1-4-14-9-6-8-13(3)24(14)33-25(34)17(5-2)38-16-11-7-10-15(12-16)32-26(35)18-19(27(36)37)21(29)23(31)22(30)20(18)28/h6-12,17H,4-5H2,1-3H3,(H,32,35)(H,33,34)(H,36,37). The van der Waals surface area contributed by atoms with Gasteiger partial charge < -0.3 is 15.7 Å². The van der Waals surface area contributed by atoms with E-state index in [1.165, 1.54) is 11.8 Å². The van der Waals surface area contributed by atoms with Gasteiger partial charge in [-0.25, -0.2) is 4.79 Å². The molecule has 38 heavy (non-hydrogen) atoms. The summed E-state index contributed by atoms with van der Waals surface area (Å²) in [6.07, 6.45) is 1.36. The van der Waals surface area contributed by atoms with Crippen LogP contribution in [0.1, 0.15) is 52.1 Å². The van der Waals surface area contributed by atoms with Gasteiger partial charge in [-0.1, -0.05) is 84.5 Å². The number of aromatic carboxylic acids is 1. The molecule has 0 heterocycles. The average molecular weight is 614 g/mol. The molecule has 0 radical (unpaired) electrons. The first kappa shape index (κ1) is 30.1. The van der Waals surface area contributed by atoms with E-state index in [0.29, 0.717) is 12.1 Å². The molecule has 1 unspecified atom stereocenters. The van der Waals surface area contributed by atoms with Gasteiger partial charge in [-0.3, -0.25) is 9.59 Å². The zero-order chi connectivity index (χ0) is 28.1. The van der Waals surface area contributed by atoms with Crippen LogP contribution in [0.5, 0.6) is 0 Å². The highest BCUT2D eigenvalue weighted by Gasteiger charge is 2.29. The van der Waals surface area contributed by atoms with E-state index in [1.54, 1.807) is 18.2 Å². The number of carboxylic acid groups (broad SMARTS) is 1. The Morgan fingerprint density at radius 3 is 2.13 bits per heavy atom. The number of nitrogens with one attached hydrogen (secondary N) is 2. The number of hydrogen-bond donors (Lipinski definition) is 3. The molecule has 3 aromatic carbocycles. The van der Waals surface area contributed by atoms with Crippen molar-refractivity contribution in [1.29, 1.82) is 0 Å². The average Bonchev–Trinajstić information content (AvgIpc) is 2.88. The lowest BCUT2D eigenvalue weighted by atomic mass is 10.1. The summed E-state index contributed by atoms with van der Waals surface area (Å²) in [4.78, 5) is 38.8. The SMILES string of the molecule is CCc1cccc(C)c1NC(=O)C(CC)Sc1cccc(NC(=O)c2c(Cl)c(Cl)c(Cl)c(Cl)c2C(=O)O)c1. The van der Waals surface area contributed by atoms with Crippen LogP contribution in [0, 0.1) is 6.92 Å². The quantitative estimate of drug-likeness (QED) is 0.127. The molecule has 0 saturated heterocycles. The third-order valence-corrected chi connectivity index (χ3v) is 8.89. The lowest BCUT2D eigenvalue weighted by Gasteiger charge is -2.18. The number of carbonyl (C=O) groups excluding carboxylic acids is 2. The number of anilines is 2. The summed E-state index contributed by atoms with van der Waals surface area (Å²) in [7, 11) is 0. The summed E-state index contributed by atoms with van der Waals surface area (Å²) in [6, 6.07) is 12.7. The van der Waals surface area contributed by atoms with Gasteiger partial charge in [0.15, 0.2) is 0 Å². The third-order valence-electron chi connectivity index (χ3n) is 5.73. The normalized spacial score (nSPS) is 11.7. The van der Waals surface area contributed by atoms with Gasteiger partial charge in [0.25, 0.3) is 5.91 Å². The molecule has 0 spiro atoms. The Bertz CT molecular complexity index is 1410. The van der Waals surface area contributed by atoms with Crippen LogP contribution in [0.3, 0.4) is 0 Å². The van der Waals surface area contributed by atoms with Gasteiger partial charge in [0.1, 0.15) is 0 Å². The van der Waals surface area contributed by atoms with Gasteiger partial charge in [-0.15, -0.1) is 11.8 Å². The fraction of sp³-hybridized carbons (Fsp3) is 0.222. The maximum atomic E-state index is 13.1. The smallest absolute Gasteiger partial charge is 0.338 e. The van der Waals surface area contributed by atoms with E-state index in [1.807, 2.05) is 45.0 Å². The van der Waals surface area contributed by atoms with E-state index >= 15 is 0 Å². The zero-order valence-electron chi connectivity index (χ0n) is 20.6. The molecule has 0 aromatic heterocycles. The van der Waals surface area contributed by atoms with Crippen molar-refractivity contribution in [3.05, 3.63) is 84.8 Å². The molecule has 3 N–H and O–H groups in total. The van der Waals surface area contributed by atoms with Gasteiger partial charge in [0.05, 0.1) is 36.5 Å².